The first-order chi connectivity index (χ1) is 16.0. The normalized spacial score (nSPS) is 18.6. The summed E-state index contributed by atoms with van der Waals surface area (Å²) in [6.45, 7) is 5.25. The number of primary amides is 1. The summed E-state index contributed by atoms with van der Waals surface area (Å²) >= 11 is 1.22. The first-order valence-electron chi connectivity index (χ1n) is 10.9. The van der Waals surface area contributed by atoms with Gasteiger partial charge in [0.2, 0.25) is 17.7 Å². The second-order valence-electron chi connectivity index (χ2n) is 8.49. The molecular formula is C23H28N5O5S. The zero-order valence-corrected chi connectivity index (χ0v) is 20.0. The van der Waals surface area contributed by atoms with Crippen molar-refractivity contribution in [2.75, 3.05) is 11.9 Å². The highest BCUT2D eigenvalue weighted by Crippen LogP contribution is 2.27. The number of benzene rings is 1. The number of amides is 4. The van der Waals surface area contributed by atoms with E-state index >= 15 is 0 Å². The lowest BCUT2D eigenvalue weighted by molar-refractivity contribution is -0.135. The Hall–Kier alpha value is -3.31. The highest BCUT2D eigenvalue weighted by atomic mass is 32.1. The van der Waals surface area contributed by atoms with E-state index in [1.54, 1.807) is 29.6 Å². The quantitative estimate of drug-likeness (QED) is 0.439. The van der Waals surface area contributed by atoms with Gasteiger partial charge in [0.15, 0.2) is 5.13 Å². The van der Waals surface area contributed by atoms with E-state index in [0.29, 0.717) is 16.4 Å². The molecule has 4 amide bonds. The van der Waals surface area contributed by atoms with E-state index in [0.717, 1.165) is 12.0 Å². The number of aliphatic hydroxyl groups excluding tert-OH is 1. The standard InChI is InChI=1S/C23H28N5O5S/c1-12(2)25-21(32)15-6-4-14(5-7-15)17-11-34-23(26-17)27-22(33)18-9-16(29)10-28(18)19(30)8-13(3)20(24)31/h4-8,11-13,16,18,29H,9-10H2,1-3H3,(H2,24,31)(H,25,32)(H,26,27,33)/t13-,16-,18+/m0/s1. The summed E-state index contributed by atoms with van der Waals surface area (Å²) in [5.41, 5.74) is 7.14. The van der Waals surface area contributed by atoms with Crippen molar-refractivity contribution < 1.29 is 24.3 Å². The number of carbonyl (C=O) groups excluding carboxylic acids is 4. The van der Waals surface area contributed by atoms with Crippen molar-refractivity contribution in [2.45, 2.75) is 45.4 Å². The van der Waals surface area contributed by atoms with Crippen LogP contribution in [0.2, 0.25) is 0 Å². The Labute approximate surface area is 201 Å². The van der Waals surface area contributed by atoms with Crippen LogP contribution in [0.25, 0.3) is 11.3 Å². The summed E-state index contributed by atoms with van der Waals surface area (Å²) < 4.78 is 0. The van der Waals surface area contributed by atoms with E-state index in [-0.39, 0.29) is 24.9 Å². The van der Waals surface area contributed by atoms with Crippen LogP contribution in [0.5, 0.6) is 0 Å². The number of likely N-dealkylation sites (tertiary alicyclic amines) is 1. The van der Waals surface area contributed by atoms with E-state index in [1.165, 1.54) is 23.2 Å². The van der Waals surface area contributed by atoms with Crippen molar-refractivity contribution in [2.24, 2.45) is 11.7 Å². The topological polar surface area (TPSA) is 155 Å². The Bertz CT molecular complexity index is 1070. The van der Waals surface area contributed by atoms with Crippen molar-refractivity contribution in [1.82, 2.24) is 15.2 Å². The molecule has 0 aliphatic carbocycles. The molecule has 34 heavy (non-hydrogen) atoms. The molecule has 11 heteroatoms. The molecule has 1 radical (unpaired) electrons. The van der Waals surface area contributed by atoms with Gasteiger partial charge in [0.1, 0.15) is 6.04 Å². The number of rotatable bonds is 8. The maximum absolute atomic E-state index is 12.8. The van der Waals surface area contributed by atoms with Gasteiger partial charge in [-0.1, -0.05) is 19.1 Å². The smallest absolute Gasteiger partial charge is 0.251 e. The number of nitrogens with one attached hydrogen (secondary N) is 2. The number of thiazole rings is 1. The number of aromatic nitrogens is 1. The third-order valence-electron chi connectivity index (χ3n) is 5.30. The predicted molar refractivity (Wildman–Crippen MR) is 128 cm³/mol. The van der Waals surface area contributed by atoms with Crippen LogP contribution in [0.15, 0.2) is 29.6 Å². The Morgan fingerprint density at radius 2 is 1.88 bits per heavy atom. The van der Waals surface area contributed by atoms with Gasteiger partial charge in [-0.05, 0) is 26.0 Å². The minimum atomic E-state index is -0.898. The highest BCUT2D eigenvalue weighted by molar-refractivity contribution is 7.14. The molecule has 0 bridgehead atoms. The van der Waals surface area contributed by atoms with Crippen LogP contribution in [-0.2, 0) is 14.4 Å². The van der Waals surface area contributed by atoms with Crippen LogP contribution < -0.4 is 16.4 Å². The number of nitrogens with two attached hydrogens (primary N) is 1. The van der Waals surface area contributed by atoms with Crippen LogP contribution >= 0.6 is 11.3 Å². The number of anilines is 1. The lowest BCUT2D eigenvalue weighted by atomic mass is 10.1. The minimum Gasteiger partial charge on any atom is -0.391 e. The van der Waals surface area contributed by atoms with E-state index in [2.05, 4.69) is 15.6 Å². The Morgan fingerprint density at radius 1 is 1.21 bits per heavy atom. The highest BCUT2D eigenvalue weighted by Gasteiger charge is 2.39. The summed E-state index contributed by atoms with van der Waals surface area (Å²) in [5.74, 6) is -2.62. The third-order valence-corrected chi connectivity index (χ3v) is 6.06. The fourth-order valence-electron chi connectivity index (χ4n) is 3.49. The van der Waals surface area contributed by atoms with Gasteiger partial charge in [0, 0.05) is 41.4 Å². The number of β-amino-alcohol motifs (C(OH)–C–C–N with tert-alkyl or cyclic N) is 1. The van der Waals surface area contributed by atoms with Gasteiger partial charge in [-0.2, -0.15) is 0 Å². The monoisotopic (exact) mass is 486 g/mol. The maximum atomic E-state index is 12.8. The SMILES string of the molecule is CC(C)NC(=O)c1ccc(-c2csc(NC(=O)[C@H]3C[C@H](O)CN3C(=O)[CH][C@H](C)C(N)=O)n2)cc1. The fourth-order valence-corrected chi connectivity index (χ4v) is 4.21. The van der Waals surface area contributed by atoms with E-state index in [4.69, 9.17) is 5.73 Å². The average molecular weight is 487 g/mol. The van der Waals surface area contributed by atoms with E-state index in [1.807, 2.05) is 13.8 Å². The van der Waals surface area contributed by atoms with Crippen LogP contribution in [-0.4, -0.2) is 63.4 Å². The van der Waals surface area contributed by atoms with Crippen molar-refractivity contribution in [3.63, 3.8) is 0 Å². The van der Waals surface area contributed by atoms with Crippen molar-refractivity contribution >= 4 is 40.1 Å². The van der Waals surface area contributed by atoms with Crippen LogP contribution in [0.3, 0.4) is 0 Å². The van der Waals surface area contributed by atoms with Gasteiger partial charge in [-0.25, -0.2) is 4.98 Å². The maximum Gasteiger partial charge on any atom is 0.251 e. The Morgan fingerprint density at radius 3 is 2.50 bits per heavy atom. The van der Waals surface area contributed by atoms with Crippen LogP contribution in [0.4, 0.5) is 5.13 Å². The van der Waals surface area contributed by atoms with Crippen LogP contribution in [0, 0.1) is 12.3 Å². The molecule has 0 unspecified atom stereocenters. The molecule has 1 aromatic carbocycles. The molecule has 3 atom stereocenters. The average Bonchev–Trinajstić information content (AvgIpc) is 3.40. The number of hydrogen-bond donors (Lipinski definition) is 4. The molecular weight excluding hydrogens is 458 g/mol. The fraction of sp³-hybridized carbons (Fsp3) is 0.391. The molecule has 1 aromatic heterocycles. The summed E-state index contributed by atoms with van der Waals surface area (Å²) in [7, 11) is 0. The van der Waals surface area contributed by atoms with Crippen molar-refractivity contribution in [1.29, 1.82) is 0 Å². The third kappa shape index (κ3) is 6.17. The molecule has 0 spiro atoms. The number of nitrogens with zero attached hydrogens (tertiary/aromatic N) is 2. The lowest BCUT2D eigenvalue weighted by Crippen LogP contribution is -2.44. The first-order valence-corrected chi connectivity index (χ1v) is 11.7. The zero-order valence-electron chi connectivity index (χ0n) is 19.1. The summed E-state index contributed by atoms with van der Waals surface area (Å²) in [6, 6.07) is 6.10. The van der Waals surface area contributed by atoms with Gasteiger partial charge in [-0.3, -0.25) is 19.2 Å². The molecule has 1 saturated heterocycles. The van der Waals surface area contributed by atoms with Gasteiger partial charge >= 0.3 is 0 Å². The summed E-state index contributed by atoms with van der Waals surface area (Å²) in [4.78, 5) is 54.4. The molecule has 5 N–H and O–H groups in total. The Kier molecular flexibility index (Phi) is 8.00. The molecule has 10 nitrogen and oxygen atoms in total. The molecule has 1 fully saturated rings. The van der Waals surface area contributed by atoms with Gasteiger partial charge in [0.05, 0.1) is 18.2 Å². The summed E-state index contributed by atoms with van der Waals surface area (Å²) in [5, 5.41) is 17.7. The molecule has 2 aromatic rings. The Balaban J connectivity index is 1.65. The molecule has 1 aliphatic rings. The first kappa shape index (κ1) is 25.3. The van der Waals surface area contributed by atoms with Crippen LogP contribution in [0.1, 0.15) is 37.6 Å². The van der Waals surface area contributed by atoms with Gasteiger partial charge in [0.25, 0.3) is 5.91 Å². The van der Waals surface area contributed by atoms with Gasteiger partial charge in [-0.15, -0.1) is 11.3 Å². The van der Waals surface area contributed by atoms with E-state index < -0.39 is 35.8 Å². The van der Waals surface area contributed by atoms with Crippen molar-refractivity contribution in [3.05, 3.63) is 41.6 Å². The largest absolute Gasteiger partial charge is 0.391 e. The number of aliphatic hydroxyl groups is 1. The molecule has 0 saturated carbocycles. The molecule has 181 valence electrons. The number of hydrogen-bond acceptors (Lipinski definition) is 7. The molecule has 3 rings (SSSR count). The lowest BCUT2D eigenvalue weighted by Gasteiger charge is -2.24. The second-order valence-corrected chi connectivity index (χ2v) is 9.34. The van der Waals surface area contributed by atoms with Gasteiger partial charge < -0.3 is 26.4 Å². The number of carbonyl (C=O) groups is 4. The zero-order chi connectivity index (χ0) is 25.0. The molecule has 2 heterocycles. The second kappa shape index (κ2) is 10.7. The minimum absolute atomic E-state index is 0.0151. The predicted octanol–water partition coefficient (Wildman–Crippen LogP) is 1.17. The summed E-state index contributed by atoms with van der Waals surface area (Å²) in [6.07, 6.45) is 0.372. The van der Waals surface area contributed by atoms with Crippen molar-refractivity contribution in [3.8, 4) is 11.3 Å². The molecule has 1 aliphatic heterocycles. The van der Waals surface area contributed by atoms with E-state index in [9.17, 15) is 24.3 Å².